The first-order valence-corrected chi connectivity index (χ1v) is 19.8. The monoisotopic (exact) mass is 693 g/mol. The summed E-state index contributed by atoms with van der Waals surface area (Å²) in [6.07, 6.45) is 56.1. The zero-order valence-corrected chi connectivity index (χ0v) is 31.9. The van der Waals surface area contributed by atoms with E-state index in [1.807, 2.05) is 12.2 Å². The van der Waals surface area contributed by atoms with Gasteiger partial charge in [0.2, 0.25) is 0 Å². The summed E-state index contributed by atoms with van der Waals surface area (Å²) in [7, 11) is 0. The fourth-order valence-electron chi connectivity index (χ4n) is 4.85. The van der Waals surface area contributed by atoms with Crippen LogP contribution in [0.3, 0.4) is 0 Å². The van der Waals surface area contributed by atoms with Crippen molar-refractivity contribution in [2.75, 3.05) is 13.2 Å². The molecule has 0 saturated heterocycles. The number of hydrogen-bond acceptors (Lipinski definition) is 5. The third kappa shape index (κ3) is 39.3. The van der Waals surface area contributed by atoms with Crippen LogP contribution < -0.4 is 0 Å². The molecule has 1 atom stereocenters. The van der Waals surface area contributed by atoms with Crippen molar-refractivity contribution < 1.29 is 24.2 Å². The Labute approximate surface area is 307 Å². The number of hydrogen-bond donors (Lipinski definition) is 1. The number of rotatable bonds is 34. The number of aliphatic hydroxyl groups excluding tert-OH is 1. The highest BCUT2D eigenvalue weighted by molar-refractivity contribution is 5.70. The van der Waals surface area contributed by atoms with E-state index >= 15 is 0 Å². The Hall–Kier alpha value is -3.18. The van der Waals surface area contributed by atoms with Crippen LogP contribution in [-0.4, -0.2) is 36.4 Å². The van der Waals surface area contributed by atoms with E-state index in [0.29, 0.717) is 12.8 Å². The molecule has 5 heteroatoms. The predicted molar refractivity (Wildman–Crippen MR) is 214 cm³/mol. The Morgan fingerprint density at radius 2 is 0.800 bits per heavy atom. The predicted octanol–water partition coefficient (Wildman–Crippen LogP) is 12.5. The van der Waals surface area contributed by atoms with Gasteiger partial charge in [-0.05, 0) is 83.5 Å². The molecule has 0 amide bonds. The average molecular weight is 693 g/mol. The van der Waals surface area contributed by atoms with Crippen molar-refractivity contribution in [2.45, 2.75) is 161 Å². The maximum absolute atomic E-state index is 12.0. The molecule has 0 radical (unpaired) electrons. The lowest BCUT2D eigenvalue weighted by Crippen LogP contribution is -2.25. The fraction of sp³-hybridized carbons (Fsp3) is 0.600. The van der Waals surface area contributed by atoms with Crippen LogP contribution in [-0.2, 0) is 19.1 Å². The highest BCUT2D eigenvalue weighted by Crippen LogP contribution is 2.11. The van der Waals surface area contributed by atoms with Gasteiger partial charge in [0.05, 0.1) is 0 Å². The topological polar surface area (TPSA) is 72.8 Å². The van der Waals surface area contributed by atoms with Crippen LogP contribution >= 0.6 is 0 Å². The average Bonchev–Trinajstić information content (AvgIpc) is 3.12. The van der Waals surface area contributed by atoms with E-state index in [1.54, 1.807) is 0 Å². The largest absolute Gasteiger partial charge is 0.463 e. The van der Waals surface area contributed by atoms with Gasteiger partial charge in [0.15, 0.2) is 0 Å². The van der Waals surface area contributed by atoms with Crippen LogP contribution in [0, 0.1) is 0 Å². The van der Waals surface area contributed by atoms with E-state index in [1.165, 1.54) is 51.4 Å². The molecule has 282 valence electrons. The van der Waals surface area contributed by atoms with Gasteiger partial charge in [0.25, 0.3) is 0 Å². The lowest BCUT2D eigenvalue weighted by atomic mass is 10.1. The molecular weight excluding hydrogens is 620 g/mol. The van der Waals surface area contributed by atoms with Crippen LogP contribution in [0.4, 0.5) is 0 Å². The van der Waals surface area contributed by atoms with Gasteiger partial charge in [-0.3, -0.25) is 9.59 Å². The van der Waals surface area contributed by atoms with Gasteiger partial charge < -0.3 is 14.6 Å². The van der Waals surface area contributed by atoms with Crippen LogP contribution in [0.1, 0.15) is 155 Å². The van der Waals surface area contributed by atoms with E-state index in [2.05, 4.69) is 98.9 Å². The number of allylic oxidation sites excluding steroid dienone is 16. The molecule has 0 aromatic rings. The van der Waals surface area contributed by atoms with E-state index in [-0.39, 0.29) is 31.6 Å². The Balaban J connectivity index is 3.61. The Morgan fingerprint density at radius 3 is 1.26 bits per heavy atom. The van der Waals surface area contributed by atoms with Gasteiger partial charge >= 0.3 is 11.9 Å². The van der Waals surface area contributed by atoms with Gasteiger partial charge in [-0.1, -0.05) is 156 Å². The second-order valence-corrected chi connectivity index (χ2v) is 12.7. The lowest BCUT2D eigenvalue weighted by molar-refractivity contribution is -0.152. The maximum atomic E-state index is 12.0. The minimum atomic E-state index is -1.00. The molecule has 0 rings (SSSR count). The Morgan fingerprint density at radius 1 is 0.440 bits per heavy atom. The molecular formula is C45H72O5. The molecule has 0 unspecified atom stereocenters. The zero-order chi connectivity index (χ0) is 36.4. The molecule has 0 bridgehead atoms. The second kappa shape index (κ2) is 40.3. The summed E-state index contributed by atoms with van der Waals surface area (Å²) in [5.74, 6) is -0.678. The Bertz CT molecular complexity index is 1010. The number of esters is 2. The summed E-state index contributed by atoms with van der Waals surface area (Å²) in [4.78, 5) is 23.9. The van der Waals surface area contributed by atoms with Gasteiger partial charge in [-0.15, -0.1) is 0 Å². The third-order valence-electron chi connectivity index (χ3n) is 7.82. The molecule has 0 aliphatic heterocycles. The first-order valence-electron chi connectivity index (χ1n) is 19.8. The number of ether oxygens (including phenoxy) is 2. The second-order valence-electron chi connectivity index (χ2n) is 12.7. The van der Waals surface area contributed by atoms with Gasteiger partial charge in [-0.2, -0.15) is 0 Å². The number of carbonyl (C=O) groups excluding carboxylic acids is 2. The molecule has 1 N–H and O–H groups in total. The highest BCUT2D eigenvalue weighted by Gasteiger charge is 2.11. The minimum absolute atomic E-state index is 0.150. The molecule has 5 nitrogen and oxygen atoms in total. The highest BCUT2D eigenvalue weighted by atomic mass is 16.6. The van der Waals surface area contributed by atoms with Crippen LogP contribution in [0.25, 0.3) is 0 Å². The third-order valence-corrected chi connectivity index (χ3v) is 7.82. The van der Waals surface area contributed by atoms with Gasteiger partial charge in [0.1, 0.15) is 19.3 Å². The summed E-state index contributed by atoms with van der Waals surface area (Å²) in [6, 6.07) is 0. The summed E-state index contributed by atoms with van der Waals surface area (Å²) in [6.45, 7) is 4.07. The standard InChI is InChI=1S/C45H72O5/c1-3-5-7-9-11-13-15-17-19-21-22-24-26-28-30-32-34-36-38-40-45(48)50-42-43(46)41-49-44(47)39-37-35-33-31-29-27-25-23-20-18-16-14-12-10-8-6-4-2/h5,7,11-14,17-20,22,24,28,30,34,36,43,46H,3-4,6,8-10,15-16,21,23,25-27,29,31-33,35,37-42H2,1-2H3/b7-5-,13-11-,14-12-,19-17-,20-18-,24-22-,30-28-,36-34-/t43-/m1/s1. The SMILES string of the molecule is CC/C=C\C/C=C\C/C=C\C/C=C\C/C=C\C/C=C\CCC(=O)OC[C@H](O)COC(=O)CCCCCCCCC/C=C\C/C=C\CCCCC. The van der Waals surface area contributed by atoms with E-state index in [0.717, 1.165) is 70.6 Å². The number of unbranched alkanes of at least 4 members (excludes halogenated alkanes) is 10. The van der Waals surface area contributed by atoms with E-state index < -0.39 is 6.10 Å². The summed E-state index contributed by atoms with van der Waals surface area (Å²) in [5.41, 5.74) is 0. The molecule has 0 fully saturated rings. The van der Waals surface area contributed by atoms with Crippen molar-refractivity contribution in [1.29, 1.82) is 0 Å². The van der Waals surface area contributed by atoms with Crippen molar-refractivity contribution in [1.82, 2.24) is 0 Å². The van der Waals surface area contributed by atoms with Crippen molar-refractivity contribution in [3.05, 3.63) is 97.2 Å². The first kappa shape index (κ1) is 46.8. The van der Waals surface area contributed by atoms with Gasteiger partial charge in [0, 0.05) is 12.8 Å². The van der Waals surface area contributed by atoms with Crippen LogP contribution in [0.5, 0.6) is 0 Å². The smallest absolute Gasteiger partial charge is 0.306 e. The van der Waals surface area contributed by atoms with Crippen molar-refractivity contribution in [3.63, 3.8) is 0 Å². The van der Waals surface area contributed by atoms with Crippen LogP contribution in [0.15, 0.2) is 97.2 Å². The number of aliphatic hydroxyl groups is 1. The molecule has 0 spiro atoms. The summed E-state index contributed by atoms with van der Waals surface area (Å²) < 4.78 is 10.3. The molecule has 0 aliphatic carbocycles. The van der Waals surface area contributed by atoms with Gasteiger partial charge in [-0.25, -0.2) is 0 Å². The van der Waals surface area contributed by atoms with Crippen molar-refractivity contribution >= 4 is 11.9 Å². The Kier molecular flexibility index (Phi) is 37.7. The van der Waals surface area contributed by atoms with Crippen molar-refractivity contribution in [3.8, 4) is 0 Å². The zero-order valence-electron chi connectivity index (χ0n) is 31.9. The molecule has 50 heavy (non-hydrogen) atoms. The molecule has 0 saturated carbocycles. The molecule has 0 aliphatic rings. The molecule has 0 heterocycles. The normalized spacial score (nSPS) is 13.3. The van der Waals surface area contributed by atoms with E-state index in [4.69, 9.17) is 9.47 Å². The minimum Gasteiger partial charge on any atom is -0.463 e. The summed E-state index contributed by atoms with van der Waals surface area (Å²) in [5, 5.41) is 10.0. The molecule has 0 aromatic carbocycles. The quantitative estimate of drug-likeness (QED) is 0.0413. The number of carbonyl (C=O) groups is 2. The van der Waals surface area contributed by atoms with Crippen molar-refractivity contribution in [2.24, 2.45) is 0 Å². The lowest BCUT2D eigenvalue weighted by Gasteiger charge is -2.12. The fourth-order valence-corrected chi connectivity index (χ4v) is 4.85. The maximum Gasteiger partial charge on any atom is 0.306 e. The van der Waals surface area contributed by atoms with E-state index in [9.17, 15) is 14.7 Å². The first-order chi connectivity index (χ1) is 24.6. The van der Waals surface area contributed by atoms with Crippen LogP contribution in [0.2, 0.25) is 0 Å². The summed E-state index contributed by atoms with van der Waals surface area (Å²) >= 11 is 0. The molecule has 0 aromatic heterocycles.